The van der Waals surface area contributed by atoms with E-state index in [0.29, 0.717) is 5.02 Å². The van der Waals surface area contributed by atoms with Crippen molar-refractivity contribution in [3.05, 3.63) is 82.9 Å². The van der Waals surface area contributed by atoms with Gasteiger partial charge >= 0.3 is 0 Å². The SMILES string of the molecule is O=C(CCc1cc(F)ccc1F)Nc1cc(S(=O)(=O)Nc2cccc(Cl)c2)ccc1O. The predicted octanol–water partition coefficient (Wildman–Crippen LogP) is 4.70. The number of phenols is 1. The number of nitrogens with one attached hydrogen (secondary N) is 2. The third kappa shape index (κ3) is 5.93. The summed E-state index contributed by atoms with van der Waals surface area (Å²) in [6.07, 6.45) is -0.290. The second kappa shape index (κ2) is 9.32. The van der Waals surface area contributed by atoms with Crippen LogP contribution in [0.4, 0.5) is 20.2 Å². The van der Waals surface area contributed by atoms with Crippen LogP contribution in [0.5, 0.6) is 5.75 Å². The van der Waals surface area contributed by atoms with Gasteiger partial charge in [-0.15, -0.1) is 0 Å². The van der Waals surface area contributed by atoms with E-state index in [1.807, 2.05) is 0 Å². The van der Waals surface area contributed by atoms with Gasteiger partial charge < -0.3 is 10.4 Å². The van der Waals surface area contributed by atoms with Crippen LogP contribution in [0.2, 0.25) is 5.02 Å². The molecule has 1 amide bonds. The zero-order valence-corrected chi connectivity index (χ0v) is 17.5. The van der Waals surface area contributed by atoms with E-state index in [9.17, 15) is 27.1 Å². The first-order chi connectivity index (χ1) is 14.6. The van der Waals surface area contributed by atoms with E-state index in [1.54, 1.807) is 12.1 Å². The van der Waals surface area contributed by atoms with Gasteiger partial charge in [-0.1, -0.05) is 17.7 Å². The number of amides is 1. The molecule has 0 radical (unpaired) electrons. The van der Waals surface area contributed by atoms with Crippen molar-refractivity contribution in [3.63, 3.8) is 0 Å². The molecule has 0 spiro atoms. The van der Waals surface area contributed by atoms with E-state index in [4.69, 9.17) is 11.6 Å². The maximum Gasteiger partial charge on any atom is 0.261 e. The van der Waals surface area contributed by atoms with Crippen LogP contribution in [0.25, 0.3) is 0 Å². The molecule has 162 valence electrons. The molecule has 0 fully saturated rings. The van der Waals surface area contributed by atoms with Crippen molar-refractivity contribution in [2.45, 2.75) is 17.7 Å². The number of hydrogen-bond donors (Lipinski definition) is 3. The average Bonchev–Trinajstić information content (AvgIpc) is 2.70. The Bertz CT molecular complexity index is 1240. The fourth-order valence-electron chi connectivity index (χ4n) is 2.74. The lowest BCUT2D eigenvalue weighted by molar-refractivity contribution is -0.116. The van der Waals surface area contributed by atoms with Crippen molar-refractivity contribution in [2.75, 3.05) is 10.0 Å². The summed E-state index contributed by atoms with van der Waals surface area (Å²) in [6, 6.07) is 12.4. The van der Waals surface area contributed by atoms with Gasteiger partial charge in [0, 0.05) is 11.4 Å². The number of halogens is 3. The van der Waals surface area contributed by atoms with Crippen molar-refractivity contribution < 1.29 is 27.1 Å². The number of phenolic OH excluding ortho intramolecular Hbond substituents is 1. The summed E-state index contributed by atoms with van der Waals surface area (Å²) < 4.78 is 54.5. The Kier molecular flexibility index (Phi) is 6.77. The molecule has 0 aliphatic heterocycles. The number of anilines is 2. The molecule has 0 saturated carbocycles. The van der Waals surface area contributed by atoms with E-state index in [-0.39, 0.29) is 40.4 Å². The van der Waals surface area contributed by atoms with Crippen LogP contribution in [-0.4, -0.2) is 19.4 Å². The standard InChI is InChI=1S/C21H17ClF2N2O4S/c22-14-2-1-3-16(11-14)26-31(29,30)17-6-8-20(27)19(12-17)25-21(28)9-4-13-10-15(23)5-7-18(13)24/h1-3,5-8,10-12,26-27H,4,9H2,(H,25,28). The quantitative estimate of drug-likeness (QED) is 0.440. The lowest BCUT2D eigenvalue weighted by Gasteiger charge is -2.12. The van der Waals surface area contributed by atoms with Gasteiger partial charge in [0.1, 0.15) is 17.4 Å². The topological polar surface area (TPSA) is 95.5 Å². The number of rotatable bonds is 7. The zero-order chi connectivity index (χ0) is 22.6. The lowest BCUT2D eigenvalue weighted by atomic mass is 10.1. The number of benzene rings is 3. The van der Waals surface area contributed by atoms with Crippen LogP contribution < -0.4 is 10.0 Å². The van der Waals surface area contributed by atoms with Gasteiger partial charge in [0.2, 0.25) is 5.91 Å². The molecule has 3 N–H and O–H groups in total. The Morgan fingerprint density at radius 1 is 1.03 bits per heavy atom. The molecule has 3 aromatic carbocycles. The number of hydrogen-bond acceptors (Lipinski definition) is 4. The number of aromatic hydroxyl groups is 1. The second-order valence-corrected chi connectivity index (χ2v) is 8.70. The maximum absolute atomic E-state index is 13.7. The molecule has 0 atom stereocenters. The molecule has 3 rings (SSSR count). The van der Waals surface area contributed by atoms with Crippen molar-refractivity contribution in [3.8, 4) is 5.75 Å². The third-order valence-corrected chi connectivity index (χ3v) is 5.87. The van der Waals surface area contributed by atoms with E-state index < -0.39 is 27.6 Å². The van der Waals surface area contributed by atoms with Gasteiger partial charge in [-0.2, -0.15) is 0 Å². The van der Waals surface area contributed by atoms with Gasteiger partial charge in [0.15, 0.2) is 0 Å². The smallest absolute Gasteiger partial charge is 0.261 e. The van der Waals surface area contributed by atoms with Crippen LogP contribution >= 0.6 is 11.6 Å². The van der Waals surface area contributed by atoms with Crippen LogP contribution in [-0.2, 0) is 21.2 Å². The first kappa shape index (κ1) is 22.5. The highest BCUT2D eigenvalue weighted by molar-refractivity contribution is 7.92. The molecule has 0 unspecified atom stereocenters. The average molecular weight is 467 g/mol. The number of sulfonamides is 1. The molecule has 0 aliphatic rings. The summed E-state index contributed by atoms with van der Waals surface area (Å²) in [5.41, 5.74) is 0.128. The second-order valence-electron chi connectivity index (χ2n) is 6.58. The van der Waals surface area contributed by atoms with Crippen molar-refractivity contribution in [1.29, 1.82) is 0 Å². The summed E-state index contributed by atoms with van der Waals surface area (Å²) in [5.74, 6) is -2.24. The number of carbonyl (C=O) groups is 1. The van der Waals surface area contributed by atoms with Crippen molar-refractivity contribution in [1.82, 2.24) is 0 Å². The normalized spacial score (nSPS) is 11.2. The summed E-state index contributed by atoms with van der Waals surface area (Å²) >= 11 is 5.86. The monoisotopic (exact) mass is 466 g/mol. The minimum atomic E-state index is -4.03. The van der Waals surface area contributed by atoms with Crippen molar-refractivity contribution in [2.24, 2.45) is 0 Å². The van der Waals surface area contributed by atoms with Crippen LogP contribution in [0, 0.1) is 11.6 Å². The first-order valence-electron chi connectivity index (χ1n) is 8.99. The minimum Gasteiger partial charge on any atom is -0.506 e. The van der Waals surface area contributed by atoms with Gasteiger partial charge in [-0.05, 0) is 66.6 Å². The fourth-order valence-corrected chi connectivity index (χ4v) is 4.01. The Balaban J connectivity index is 1.73. The molecule has 3 aromatic rings. The Morgan fingerprint density at radius 3 is 2.55 bits per heavy atom. The van der Waals surface area contributed by atoms with E-state index in [0.717, 1.165) is 30.3 Å². The molecular formula is C21H17ClF2N2O4S. The highest BCUT2D eigenvalue weighted by atomic mass is 35.5. The van der Waals surface area contributed by atoms with Crippen molar-refractivity contribution >= 4 is 38.9 Å². The molecule has 0 aromatic heterocycles. The largest absolute Gasteiger partial charge is 0.506 e. The molecule has 31 heavy (non-hydrogen) atoms. The number of aryl methyl sites for hydroxylation is 1. The Morgan fingerprint density at radius 2 is 1.81 bits per heavy atom. The molecule has 0 heterocycles. The fraction of sp³-hybridized carbons (Fsp3) is 0.0952. The summed E-state index contributed by atoms with van der Waals surface area (Å²) in [4.78, 5) is 12.0. The van der Waals surface area contributed by atoms with E-state index in [1.165, 1.54) is 18.2 Å². The molecular weight excluding hydrogens is 450 g/mol. The van der Waals surface area contributed by atoms with Gasteiger partial charge in [-0.25, -0.2) is 17.2 Å². The van der Waals surface area contributed by atoms with Crippen LogP contribution in [0.1, 0.15) is 12.0 Å². The zero-order valence-electron chi connectivity index (χ0n) is 15.9. The molecule has 10 heteroatoms. The molecule has 0 bridgehead atoms. The summed E-state index contributed by atoms with van der Waals surface area (Å²) in [6.45, 7) is 0. The summed E-state index contributed by atoms with van der Waals surface area (Å²) in [5, 5.41) is 12.7. The maximum atomic E-state index is 13.7. The van der Waals surface area contributed by atoms with Crippen LogP contribution in [0.3, 0.4) is 0 Å². The lowest BCUT2D eigenvalue weighted by Crippen LogP contribution is -2.15. The number of carbonyl (C=O) groups excluding carboxylic acids is 1. The molecule has 0 saturated heterocycles. The minimum absolute atomic E-state index is 0.0291. The van der Waals surface area contributed by atoms with Crippen LogP contribution in [0.15, 0.2) is 65.6 Å². The highest BCUT2D eigenvalue weighted by Crippen LogP contribution is 2.28. The predicted molar refractivity (Wildman–Crippen MR) is 114 cm³/mol. The van der Waals surface area contributed by atoms with Gasteiger partial charge in [-0.3, -0.25) is 9.52 Å². The van der Waals surface area contributed by atoms with Gasteiger partial charge in [0.05, 0.1) is 16.3 Å². The highest BCUT2D eigenvalue weighted by Gasteiger charge is 2.18. The molecule has 6 nitrogen and oxygen atoms in total. The summed E-state index contributed by atoms with van der Waals surface area (Å²) in [7, 11) is -4.03. The van der Waals surface area contributed by atoms with E-state index in [2.05, 4.69) is 10.0 Å². The Labute approximate surface area is 182 Å². The third-order valence-electron chi connectivity index (χ3n) is 4.26. The van der Waals surface area contributed by atoms with Gasteiger partial charge in [0.25, 0.3) is 10.0 Å². The molecule has 0 aliphatic carbocycles. The van der Waals surface area contributed by atoms with E-state index >= 15 is 0 Å². The first-order valence-corrected chi connectivity index (χ1v) is 10.9. The Hall–Kier alpha value is -3.17.